The van der Waals surface area contributed by atoms with E-state index in [1.807, 2.05) is 4.90 Å². The first-order chi connectivity index (χ1) is 11.0. The van der Waals surface area contributed by atoms with Crippen LogP contribution in [0.1, 0.15) is 33.1 Å². The largest absolute Gasteiger partial charge is 0.336 e. The molecule has 2 aromatic rings. The van der Waals surface area contributed by atoms with Crippen molar-refractivity contribution in [2.24, 2.45) is 0 Å². The van der Waals surface area contributed by atoms with E-state index in [2.05, 4.69) is 18.8 Å². The molecule has 0 bridgehead atoms. The molecular formula is C17H20ClN3O2. The SMILES string of the molecule is C[C@@H]1CCC[C@@H](C)N1C(=O)Cn1cnc2ccc(Cl)cc2c1=O. The molecule has 1 amide bonds. The second-order valence-electron chi connectivity index (χ2n) is 6.27. The Hall–Kier alpha value is -1.88. The maximum Gasteiger partial charge on any atom is 0.261 e. The quantitative estimate of drug-likeness (QED) is 0.849. The third-order valence-electron chi connectivity index (χ3n) is 4.57. The second kappa shape index (κ2) is 6.32. The first kappa shape index (κ1) is 16.0. The van der Waals surface area contributed by atoms with Crippen molar-refractivity contribution in [2.75, 3.05) is 0 Å². The smallest absolute Gasteiger partial charge is 0.261 e. The van der Waals surface area contributed by atoms with Gasteiger partial charge < -0.3 is 4.90 Å². The van der Waals surface area contributed by atoms with Gasteiger partial charge in [-0.3, -0.25) is 14.2 Å². The normalized spacial score (nSPS) is 21.6. The van der Waals surface area contributed by atoms with E-state index < -0.39 is 0 Å². The minimum absolute atomic E-state index is 0.0168. The van der Waals surface area contributed by atoms with Gasteiger partial charge in [0.2, 0.25) is 5.91 Å². The lowest BCUT2D eigenvalue weighted by Crippen LogP contribution is -2.49. The number of piperidine rings is 1. The minimum atomic E-state index is -0.233. The molecule has 1 saturated heterocycles. The van der Waals surface area contributed by atoms with Gasteiger partial charge in [0.05, 0.1) is 17.2 Å². The fourth-order valence-corrected chi connectivity index (χ4v) is 3.56. The summed E-state index contributed by atoms with van der Waals surface area (Å²) in [6, 6.07) is 5.43. The Morgan fingerprint density at radius 3 is 2.70 bits per heavy atom. The predicted octanol–water partition coefficient (Wildman–Crippen LogP) is 2.84. The predicted molar refractivity (Wildman–Crippen MR) is 90.6 cm³/mol. The molecule has 6 heteroatoms. The lowest BCUT2D eigenvalue weighted by Gasteiger charge is -2.39. The summed E-state index contributed by atoms with van der Waals surface area (Å²) < 4.78 is 1.37. The number of fused-ring (bicyclic) bond motifs is 1. The topological polar surface area (TPSA) is 55.2 Å². The first-order valence-corrected chi connectivity index (χ1v) is 8.31. The van der Waals surface area contributed by atoms with E-state index in [9.17, 15) is 9.59 Å². The Morgan fingerprint density at radius 1 is 1.30 bits per heavy atom. The van der Waals surface area contributed by atoms with Crippen LogP contribution in [-0.2, 0) is 11.3 Å². The zero-order valence-electron chi connectivity index (χ0n) is 13.3. The van der Waals surface area contributed by atoms with Crippen LogP contribution in [0.4, 0.5) is 0 Å². The van der Waals surface area contributed by atoms with Crippen molar-refractivity contribution in [3.05, 3.63) is 39.9 Å². The fourth-order valence-electron chi connectivity index (χ4n) is 3.38. The summed E-state index contributed by atoms with van der Waals surface area (Å²) in [7, 11) is 0. The zero-order chi connectivity index (χ0) is 16.6. The second-order valence-corrected chi connectivity index (χ2v) is 6.71. The van der Waals surface area contributed by atoms with Crippen LogP contribution in [0.15, 0.2) is 29.3 Å². The van der Waals surface area contributed by atoms with Crippen LogP contribution < -0.4 is 5.56 Å². The summed E-state index contributed by atoms with van der Waals surface area (Å²) in [5, 5.41) is 0.922. The summed E-state index contributed by atoms with van der Waals surface area (Å²) >= 11 is 5.96. The zero-order valence-corrected chi connectivity index (χ0v) is 14.1. The molecule has 1 aromatic heterocycles. The van der Waals surface area contributed by atoms with Gasteiger partial charge in [-0.2, -0.15) is 0 Å². The Bertz CT molecular complexity index is 792. The molecule has 0 radical (unpaired) electrons. The van der Waals surface area contributed by atoms with Gasteiger partial charge in [0.1, 0.15) is 6.54 Å². The Morgan fingerprint density at radius 2 is 2.00 bits per heavy atom. The maximum absolute atomic E-state index is 12.7. The Labute approximate surface area is 139 Å². The molecule has 0 unspecified atom stereocenters. The Kier molecular flexibility index (Phi) is 4.39. The number of likely N-dealkylation sites (tertiary alicyclic amines) is 1. The number of carbonyl (C=O) groups is 1. The fraction of sp³-hybridized carbons (Fsp3) is 0.471. The van der Waals surface area contributed by atoms with Gasteiger partial charge in [0, 0.05) is 17.1 Å². The average Bonchev–Trinajstić information content (AvgIpc) is 2.50. The van der Waals surface area contributed by atoms with E-state index in [0.29, 0.717) is 15.9 Å². The highest BCUT2D eigenvalue weighted by Crippen LogP contribution is 2.22. The molecule has 1 fully saturated rings. The summed E-state index contributed by atoms with van der Waals surface area (Å²) in [4.78, 5) is 31.4. The van der Waals surface area contributed by atoms with Crippen LogP contribution in [0.2, 0.25) is 5.02 Å². The molecule has 5 nitrogen and oxygen atoms in total. The van der Waals surface area contributed by atoms with E-state index in [4.69, 9.17) is 11.6 Å². The van der Waals surface area contributed by atoms with Crippen LogP contribution in [0.25, 0.3) is 10.9 Å². The molecule has 1 aliphatic rings. The lowest BCUT2D eigenvalue weighted by atomic mass is 9.97. The van der Waals surface area contributed by atoms with Crippen molar-refractivity contribution in [3.63, 3.8) is 0 Å². The molecule has 2 atom stereocenters. The highest BCUT2D eigenvalue weighted by Gasteiger charge is 2.29. The highest BCUT2D eigenvalue weighted by atomic mass is 35.5. The van der Waals surface area contributed by atoms with Crippen LogP contribution in [0.5, 0.6) is 0 Å². The van der Waals surface area contributed by atoms with Crippen LogP contribution in [-0.4, -0.2) is 32.4 Å². The monoisotopic (exact) mass is 333 g/mol. The molecule has 0 saturated carbocycles. The van der Waals surface area contributed by atoms with Gasteiger partial charge in [-0.1, -0.05) is 11.6 Å². The van der Waals surface area contributed by atoms with E-state index in [0.717, 1.165) is 19.3 Å². The lowest BCUT2D eigenvalue weighted by molar-refractivity contribution is -0.138. The van der Waals surface area contributed by atoms with Crippen molar-refractivity contribution in [2.45, 2.75) is 51.7 Å². The third-order valence-corrected chi connectivity index (χ3v) is 4.81. The van der Waals surface area contributed by atoms with Crippen molar-refractivity contribution < 1.29 is 4.79 Å². The standard InChI is InChI=1S/C17H20ClN3O2/c1-11-4-3-5-12(2)21(11)16(22)9-20-10-19-15-7-6-13(18)8-14(15)17(20)23/h6-8,10-12H,3-5,9H2,1-2H3/t11-,12-/m1/s1. The third kappa shape index (κ3) is 3.11. The summed E-state index contributed by atoms with van der Waals surface area (Å²) in [6.45, 7) is 4.15. The number of hydrogen-bond acceptors (Lipinski definition) is 3. The van der Waals surface area contributed by atoms with Gasteiger partial charge in [-0.15, -0.1) is 0 Å². The van der Waals surface area contributed by atoms with Gasteiger partial charge >= 0.3 is 0 Å². The number of amides is 1. The highest BCUT2D eigenvalue weighted by molar-refractivity contribution is 6.31. The molecular weight excluding hydrogens is 314 g/mol. The van der Waals surface area contributed by atoms with Crippen LogP contribution >= 0.6 is 11.6 Å². The van der Waals surface area contributed by atoms with E-state index in [1.54, 1.807) is 18.2 Å². The number of benzene rings is 1. The number of nitrogens with zero attached hydrogens (tertiary/aromatic N) is 3. The summed E-state index contributed by atoms with van der Waals surface area (Å²) in [5.41, 5.74) is 0.353. The number of halogens is 1. The first-order valence-electron chi connectivity index (χ1n) is 7.93. The molecule has 1 aliphatic heterocycles. The van der Waals surface area contributed by atoms with E-state index >= 15 is 0 Å². The van der Waals surface area contributed by atoms with Gasteiger partial charge in [-0.25, -0.2) is 4.98 Å². The molecule has 1 aromatic carbocycles. The van der Waals surface area contributed by atoms with Crippen molar-refractivity contribution >= 4 is 28.4 Å². The maximum atomic E-state index is 12.7. The van der Waals surface area contributed by atoms with Gasteiger partial charge in [0.25, 0.3) is 5.56 Å². The molecule has 3 rings (SSSR count). The van der Waals surface area contributed by atoms with Gasteiger partial charge in [0.15, 0.2) is 0 Å². The number of aromatic nitrogens is 2. The van der Waals surface area contributed by atoms with E-state index in [1.165, 1.54) is 10.9 Å². The molecule has 122 valence electrons. The van der Waals surface area contributed by atoms with Gasteiger partial charge in [-0.05, 0) is 51.3 Å². The average molecular weight is 334 g/mol. The molecule has 0 aliphatic carbocycles. The minimum Gasteiger partial charge on any atom is -0.336 e. The van der Waals surface area contributed by atoms with E-state index in [-0.39, 0.29) is 30.1 Å². The van der Waals surface area contributed by atoms with Crippen LogP contribution in [0, 0.1) is 0 Å². The summed E-state index contributed by atoms with van der Waals surface area (Å²) in [5.74, 6) is -0.0324. The number of hydrogen-bond donors (Lipinski definition) is 0. The molecule has 0 spiro atoms. The van der Waals surface area contributed by atoms with Crippen molar-refractivity contribution in [3.8, 4) is 0 Å². The Balaban J connectivity index is 1.90. The molecule has 2 heterocycles. The van der Waals surface area contributed by atoms with Crippen molar-refractivity contribution in [1.82, 2.24) is 14.5 Å². The van der Waals surface area contributed by atoms with Crippen molar-refractivity contribution in [1.29, 1.82) is 0 Å². The molecule has 0 N–H and O–H groups in total. The number of carbonyl (C=O) groups excluding carboxylic acids is 1. The van der Waals surface area contributed by atoms with Crippen LogP contribution in [0.3, 0.4) is 0 Å². The number of rotatable bonds is 2. The molecule has 23 heavy (non-hydrogen) atoms. The summed E-state index contributed by atoms with van der Waals surface area (Å²) in [6.07, 6.45) is 4.60.